The van der Waals surface area contributed by atoms with Crippen molar-refractivity contribution in [1.82, 2.24) is 0 Å². The molecule has 3 aromatic carbocycles. The molecule has 150 valence electrons. The Hall–Kier alpha value is -2.77. The number of ether oxygens (including phenoxy) is 1. The van der Waals surface area contributed by atoms with E-state index < -0.39 is 17.6 Å². The maximum atomic E-state index is 13.9. The average Bonchev–Trinajstić information content (AvgIpc) is 2.65. The Labute approximate surface area is 172 Å². The van der Waals surface area contributed by atoms with Crippen LogP contribution in [0, 0.1) is 5.82 Å². The summed E-state index contributed by atoms with van der Waals surface area (Å²) in [6.07, 6.45) is -3.54. The summed E-state index contributed by atoms with van der Waals surface area (Å²) in [7, 11) is 0. The number of aliphatic imine (C=N–C) groups is 1. The van der Waals surface area contributed by atoms with Crippen LogP contribution in [0.25, 0.3) is 0 Å². The van der Waals surface area contributed by atoms with Gasteiger partial charge in [0.05, 0.1) is 10.6 Å². The molecule has 3 rings (SSSR count). The van der Waals surface area contributed by atoms with Crippen molar-refractivity contribution in [3.63, 3.8) is 0 Å². The van der Waals surface area contributed by atoms with E-state index in [1.807, 2.05) is 0 Å². The molecule has 0 amide bonds. The molecule has 0 spiro atoms. The predicted octanol–water partition coefficient (Wildman–Crippen LogP) is 7.40. The highest BCUT2D eigenvalue weighted by Crippen LogP contribution is 2.39. The Morgan fingerprint density at radius 3 is 2.38 bits per heavy atom. The number of hydrogen-bond acceptors (Lipinski definition) is 3. The van der Waals surface area contributed by atoms with Gasteiger partial charge < -0.3 is 9.84 Å². The molecule has 0 aliphatic carbocycles. The van der Waals surface area contributed by atoms with E-state index in [2.05, 4.69) is 4.99 Å². The maximum absolute atomic E-state index is 13.9. The van der Waals surface area contributed by atoms with Crippen LogP contribution in [0.3, 0.4) is 0 Å². The lowest BCUT2D eigenvalue weighted by Crippen LogP contribution is -2.04. The van der Waals surface area contributed by atoms with Gasteiger partial charge in [-0.25, -0.2) is 4.39 Å². The lowest BCUT2D eigenvalue weighted by molar-refractivity contribution is -0.137. The Morgan fingerprint density at radius 2 is 1.69 bits per heavy atom. The molecular formula is C20H11Cl2F4NO2. The normalized spacial score (nSPS) is 11.8. The lowest BCUT2D eigenvalue weighted by atomic mass is 10.1. The summed E-state index contributed by atoms with van der Waals surface area (Å²) in [4.78, 5) is 3.97. The molecule has 0 saturated carbocycles. The Balaban J connectivity index is 2.06. The van der Waals surface area contributed by atoms with E-state index >= 15 is 0 Å². The monoisotopic (exact) mass is 443 g/mol. The van der Waals surface area contributed by atoms with E-state index in [0.717, 1.165) is 30.5 Å². The van der Waals surface area contributed by atoms with Gasteiger partial charge in [-0.3, -0.25) is 4.99 Å². The first kappa shape index (κ1) is 21.0. The molecule has 9 heteroatoms. The standard InChI is InChI=1S/C20H11Cl2F4NO2/c21-13-7-11(19(28)14(22)9-13)10-27-16-8-12(20(24,25)26)5-6-18(16)29-17-4-2-1-3-15(17)23/h1-10,28H. The minimum Gasteiger partial charge on any atom is -0.506 e. The SMILES string of the molecule is Oc1c(Cl)cc(Cl)cc1C=Nc1cc(C(F)(F)F)ccc1Oc1ccccc1F. The molecule has 0 saturated heterocycles. The zero-order valence-electron chi connectivity index (χ0n) is 14.3. The first-order valence-corrected chi connectivity index (χ1v) is 8.76. The van der Waals surface area contributed by atoms with Crippen molar-refractivity contribution in [2.45, 2.75) is 6.18 Å². The van der Waals surface area contributed by atoms with Crippen LogP contribution < -0.4 is 4.74 Å². The molecule has 0 aromatic heterocycles. The van der Waals surface area contributed by atoms with Crippen LogP contribution in [0.2, 0.25) is 10.0 Å². The van der Waals surface area contributed by atoms with Gasteiger partial charge in [-0.05, 0) is 42.5 Å². The number of rotatable bonds is 4. The molecule has 0 fully saturated rings. The van der Waals surface area contributed by atoms with Crippen molar-refractivity contribution < 1.29 is 27.4 Å². The second kappa shape index (κ2) is 8.31. The van der Waals surface area contributed by atoms with Crippen molar-refractivity contribution in [1.29, 1.82) is 0 Å². The van der Waals surface area contributed by atoms with Gasteiger partial charge in [0.25, 0.3) is 0 Å². The summed E-state index contributed by atoms with van der Waals surface area (Å²) in [6, 6.07) is 10.6. The third kappa shape index (κ3) is 4.99. The van der Waals surface area contributed by atoms with Gasteiger partial charge in [-0.2, -0.15) is 13.2 Å². The highest BCUT2D eigenvalue weighted by Gasteiger charge is 2.31. The number of aromatic hydroxyl groups is 1. The first-order chi connectivity index (χ1) is 13.6. The Bertz CT molecular complexity index is 1080. The largest absolute Gasteiger partial charge is 0.506 e. The minimum atomic E-state index is -4.62. The molecule has 1 N–H and O–H groups in total. The second-order valence-corrected chi connectivity index (χ2v) is 6.64. The molecule has 29 heavy (non-hydrogen) atoms. The minimum absolute atomic E-state index is 0.0502. The van der Waals surface area contributed by atoms with Gasteiger partial charge in [0.2, 0.25) is 0 Å². The van der Waals surface area contributed by atoms with Crippen molar-refractivity contribution >= 4 is 35.1 Å². The van der Waals surface area contributed by atoms with Crippen molar-refractivity contribution in [3.05, 3.63) is 81.6 Å². The topological polar surface area (TPSA) is 41.8 Å². The van der Waals surface area contributed by atoms with Crippen LogP contribution in [-0.4, -0.2) is 11.3 Å². The molecule has 3 nitrogen and oxygen atoms in total. The van der Waals surface area contributed by atoms with Crippen molar-refractivity contribution in [3.8, 4) is 17.2 Å². The number of benzene rings is 3. The number of alkyl halides is 3. The summed E-state index contributed by atoms with van der Waals surface area (Å²) >= 11 is 11.7. The van der Waals surface area contributed by atoms with Gasteiger partial charge in [-0.1, -0.05) is 35.3 Å². The van der Waals surface area contributed by atoms with E-state index in [4.69, 9.17) is 27.9 Å². The third-order valence-corrected chi connectivity index (χ3v) is 4.25. The molecule has 0 atom stereocenters. The molecule has 0 aliphatic rings. The van der Waals surface area contributed by atoms with Crippen LogP contribution in [0.4, 0.5) is 23.2 Å². The number of para-hydroxylation sites is 1. The molecule has 0 radical (unpaired) electrons. The van der Waals surface area contributed by atoms with Gasteiger partial charge in [0.15, 0.2) is 17.3 Å². The van der Waals surface area contributed by atoms with E-state index in [-0.39, 0.29) is 38.5 Å². The maximum Gasteiger partial charge on any atom is 0.416 e. The number of phenols is 1. The predicted molar refractivity (Wildman–Crippen MR) is 103 cm³/mol. The van der Waals surface area contributed by atoms with Crippen LogP contribution in [0.1, 0.15) is 11.1 Å². The number of hydrogen-bond donors (Lipinski definition) is 1. The second-order valence-electron chi connectivity index (χ2n) is 5.80. The molecular weight excluding hydrogens is 433 g/mol. The third-order valence-electron chi connectivity index (χ3n) is 3.74. The average molecular weight is 444 g/mol. The zero-order valence-corrected chi connectivity index (χ0v) is 15.9. The van der Waals surface area contributed by atoms with Crippen molar-refractivity contribution in [2.75, 3.05) is 0 Å². The van der Waals surface area contributed by atoms with Crippen LogP contribution in [0.5, 0.6) is 17.2 Å². The molecule has 3 aromatic rings. The fraction of sp³-hybridized carbons (Fsp3) is 0.0500. The summed E-state index contributed by atoms with van der Waals surface area (Å²) in [5, 5.41) is 10.1. The first-order valence-electron chi connectivity index (χ1n) is 8.01. The summed E-state index contributed by atoms with van der Waals surface area (Å²) < 4.78 is 58.6. The fourth-order valence-corrected chi connectivity index (χ4v) is 2.86. The van der Waals surface area contributed by atoms with Gasteiger partial charge in [-0.15, -0.1) is 0 Å². The number of phenolic OH excluding ortho intramolecular Hbond substituents is 1. The van der Waals surface area contributed by atoms with Crippen LogP contribution in [0.15, 0.2) is 59.6 Å². The van der Waals surface area contributed by atoms with Gasteiger partial charge in [0, 0.05) is 16.8 Å². The number of nitrogens with zero attached hydrogens (tertiary/aromatic N) is 1. The zero-order chi connectivity index (χ0) is 21.2. The molecule has 0 unspecified atom stereocenters. The highest BCUT2D eigenvalue weighted by molar-refractivity contribution is 6.36. The van der Waals surface area contributed by atoms with Crippen molar-refractivity contribution in [2.24, 2.45) is 4.99 Å². The van der Waals surface area contributed by atoms with E-state index in [1.54, 1.807) is 0 Å². The molecule has 0 bridgehead atoms. The Kier molecular flexibility index (Phi) is 6.00. The summed E-state index contributed by atoms with van der Waals surface area (Å²) in [6.45, 7) is 0. The van der Waals surface area contributed by atoms with E-state index in [1.165, 1.54) is 30.3 Å². The quantitative estimate of drug-likeness (QED) is 0.337. The highest BCUT2D eigenvalue weighted by atomic mass is 35.5. The smallest absolute Gasteiger partial charge is 0.416 e. The van der Waals surface area contributed by atoms with Gasteiger partial charge >= 0.3 is 6.18 Å². The van der Waals surface area contributed by atoms with Crippen LogP contribution in [-0.2, 0) is 6.18 Å². The summed E-state index contributed by atoms with van der Waals surface area (Å²) in [5.41, 5.74) is -1.13. The van der Waals surface area contributed by atoms with E-state index in [9.17, 15) is 22.7 Å². The summed E-state index contributed by atoms with van der Waals surface area (Å²) in [5.74, 6) is -1.34. The van der Waals surface area contributed by atoms with Crippen LogP contribution >= 0.6 is 23.2 Å². The fourth-order valence-electron chi connectivity index (χ4n) is 2.35. The number of halogens is 6. The lowest BCUT2D eigenvalue weighted by Gasteiger charge is -2.12. The van der Waals surface area contributed by atoms with Gasteiger partial charge in [0.1, 0.15) is 11.4 Å². The van der Waals surface area contributed by atoms with E-state index in [0.29, 0.717) is 0 Å². The molecule has 0 aliphatic heterocycles. The Morgan fingerprint density at radius 1 is 0.966 bits per heavy atom. The molecule has 0 heterocycles.